The Kier molecular flexibility index (Phi) is 6.77. The molecule has 3 heterocycles. The molecule has 31 heavy (non-hydrogen) atoms. The van der Waals surface area contributed by atoms with Crippen LogP contribution < -0.4 is 5.32 Å². The van der Waals surface area contributed by atoms with Gasteiger partial charge in [0.2, 0.25) is 0 Å². The van der Waals surface area contributed by atoms with Gasteiger partial charge in [-0.15, -0.1) is 0 Å². The van der Waals surface area contributed by atoms with Crippen molar-refractivity contribution in [1.29, 1.82) is 0 Å². The minimum absolute atomic E-state index is 0.0286. The van der Waals surface area contributed by atoms with Gasteiger partial charge in [-0.05, 0) is 19.3 Å². The zero-order chi connectivity index (χ0) is 21.7. The topological polar surface area (TPSA) is 111 Å². The lowest BCUT2D eigenvalue weighted by molar-refractivity contribution is -0.125. The second-order valence-corrected chi connectivity index (χ2v) is 8.18. The molecule has 10 heteroatoms. The van der Waals surface area contributed by atoms with E-state index in [0.29, 0.717) is 30.0 Å². The van der Waals surface area contributed by atoms with Crippen molar-refractivity contribution in [1.82, 2.24) is 29.8 Å². The van der Waals surface area contributed by atoms with E-state index in [9.17, 15) is 9.59 Å². The number of hydrogen-bond donors (Lipinski definition) is 1. The molecule has 1 saturated heterocycles. The third kappa shape index (κ3) is 4.69. The monoisotopic (exact) mass is 430 g/mol. The SMILES string of the molecule is CCc1c(C(=O)OCC(=O)NCC2(N3CCOCC3)CCCCC2)cnc2ncnn12. The Hall–Kier alpha value is -2.59. The first kappa shape index (κ1) is 21.6. The summed E-state index contributed by atoms with van der Waals surface area (Å²) >= 11 is 0. The van der Waals surface area contributed by atoms with Crippen molar-refractivity contribution >= 4 is 17.7 Å². The van der Waals surface area contributed by atoms with E-state index in [1.165, 1.54) is 36.3 Å². The standard InChI is InChI=1S/C21H30N6O4/c1-2-17-16(12-22-20-24-15-25-27(17)20)19(29)31-13-18(28)23-14-21(6-4-3-5-7-21)26-8-10-30-11-9-26/h12,15H,2-11,13-14H2,1H3,(H,23,28). The number of esters is 1. The zero-order valence-electron chi connectivity index (χ0n) is 18.0. The molecule has 2 aliphatic rings. The van der Waals surface area contributed by atoms with E-state index in [4.69, 9.17) is 9.47 Å². The number of fused-ring (bicyclic) bond motifs is 1. The van der Waals surface area contributed by atoms with Gasteiger partial charge in [-0.3, -0.25) is 9.69 Å². The molecule has 10 nitrogen and oxygen atoms in total. The molecule has 2 fully saturated rings. The summed E-state index contributed by atoms with van der Waals surface area (Å²) < 4.78 is 12.3. The molecule has 0 bridgehead atoms. The minimum Gasteiger partial charge on any atom is -0.452 e. The number of morpholine rings is 1. The van der Waals surface area contributed by atoms with Crippen LogP contribution in [0, 0.1) is 0 Å². The average Bonchev–Trinajstić information content (AvgIpc) is 3.31. The van der Waals surface area contributed by atoms with Crippen molar-refractivity contribution in [2.75, 3.05) is 39.5 Å². The maximum absolute atomic E-state index is 12.6. The van der Waals surface area contributed by atoms with Gasteiger partial charge in [0.1, 0.15) is 6.33 Å². The number of ether oxygens (including phenoxy) is 2. The van der Waals surface area contributed by atoms with E-state index in [-0.39, 0.29) is 18.1 Å². The number of aryl methyl sites for hydroxylation is 1. The maximum atomic E-state index is 12.6. The van der Waals surface area contributed by atoms with Gasteiger partial charge >= 0.3 is 5.97 Å². The normalized spacial score (nSPS) is 19.3. The minimum atomic E-state index is -0.586. The van der Waals surface area contributed by atoms with Crippen LogP contribution in [-0.4, -0.2) is 81.4 Å². The van der Waals surface area contributed by atoms with Crippen molar-refractivity contribution in [2.45, 2.75) is 51.0 Å². The number of carbonyl (C=O) groups excluding carboxylic acids is 2. The fourth-order valence-corrected chi connectivity index (χ4v) is 4.71. The van der Waals surface area contributed by atoms with Crippen LogP contribution in [0.4, 0.5) is 0 Å². The highest BCUT2D eigenvalue weighted by molar-refractivity contribution is 5.92. The molecule has 0 unspecified atom stereocenters. The Balaban J connectivity index is 1.35. The van der Waals surface area contributed by atoms with Gasteiger partial charge < -0.3 is 14.8 Å². The Morgan fingerprint density at radius 1 is 1.19 bits per heavy atom. The van der Waals surface area contributed by atoms with E-state index in [0.717, 1.165) is 39.1 Å². The molecule has 1 aliphatic carbocycles. The van der Waals surface area contributed by atoms with Crippen LogP contribution in [0.25, 0.3) is 5.78 Å². The maximum Gasteiger partial charge on any atom is 0.342 e. The largest absolute Gasteiger partial charge is 0.452 e. The number of hydrogen-bond acceptors (Lipinski definition) is 8. The van der Waals surface area contributed by atoms with E-state index in [2.05, 4.69) is 25.3 Å². The highest BCUT2D eigenvalue weighted by Crippen LogP contribution is 2.33. The van der Waals surface area contributed by atoms with E-state index >= 15 is 0 Å². The molecule has 4 rings (SSSR count). The molecule has 1 amide bonds. The van der Waals surface area contributed by atoms with Crippen molar-refractivity contribution < 1.29 is 19.1 Å². The first-order chi connectivity index (χ1) is 15.1. The van der Waals surface area contributed by atoms with Gasteiger partial charge in [0, 0.05) is 31.4 Å². The van der Waals surface area contributed by atoms with Gasteiger partial charge in [0.15, 0.2) is 6.61 Å². The Labute approximate surface area is 181 Å². The predicted octanol–water partition coefficient (Wildman–Crippen LogP) is 0.995. The van der Waals surface area contributed by atoms with Crippen molar-refractivity contribution in [2.24, 2.45) is 0 Å². The van der Waals surface area contributed by atoms with Gasteiger partial charge in [0.25, 0.3) is 11.7 Å². The lowest BCUT2D eigenvalue weighted by Gasteiger charge is -2.48. The summed E-state index contributed by atoms with van der Waals surface area (Å²) in [5.74, 6) is -0.455. The van der Waals surface area contributed by atoms with Crippen molar-refractivity contribution in [3.63, 3.8) is 0 Å². The zero-order valence-corrected chi connectivity index (χ0v) is 18.0. The van der Waals surface area contributed by atoms with Crippen molar-refractivity contribution in [3.05, 3.63) is 23.8 Å². The van der Waals surface area contributed by atoms with Gasteiger partial charge in [-0.2, -0.15) is 10.1 Å². The molecule has 168 valence electrons. The number of aromatic nitrogens is 4. The molecular weight excluding hydrogens is 400 g/mol. The second-order valence-electron chi connectivity index (χ2n) is 8.18. The predicted molar refractivity (Wildman–Crippen MR) is 112 cm³/mol. The van der Waals surface area contributed by atoms with E-state index < -0.39 is 5.97 Å². The van der Waals surface area contributed by atoms with Crippen LogP contribution in [0.3, 0.4) is 0 Å². The Bertz CT molecular complexity index is 918. The number of amides is 1. The van der Waals surface area contributed by atoms with Gasteiger partial charge in [-0.25, -0.2) is 14.3 Å². The molecule has 0 atom stereocenters. The molecule has 0 spiro atoms. The first-order valence-corrected chi connectivity index (χ1v) is 11.1. The van der Waals surface area contributed by atoms with Gasteiger partial charge in [0.05, 0.1) is 24.5 Å². The molecule has 1 N–H and O–H groups in total. The highest BCUT2D eigenvalue weighted by atomic mass is 16.5. The molecule has 0 radical (unpaired) electrons. The summed E-state index contributed by atoms with van der Waals surface area (Å²) in [5.41, 5.74) is 0.922. The average molecular weight is 431 g/mol. The fourth-order valence-electron chi connectivity index (χ4n) is 4.71. The van der Waals surface area contributed by atoms with Crippen LogP contribution in [0.5, 0.6) is 0 Å². The molecule has 2 aromatic heterocycles. The van der Waals surface area contributed by atoms with Crippen LogP contribution in [0.2, 0.25) is 0 Å². The molecule has 1 saturated carbocycles. The number of carbonyl (C=O) groups is 2. The number of nitrogens with zero attached hydrogens (tertiary/aromatic N) is 5. The number of nitrogens with one attached hydrogen (secondary N) is 1. The second kappa shape index (κ2) is 9.69. The first-order valence-electron chi connectivity index (χ1n) is 11.1. The molecule has 0 aromatic carbocycles. The van der Waals surface area contributed by atoms with E-state index in [1.54, 1.807) is 0 Å². The molecular formula is C21H30N6O4. The fraction of sp³-hybridized carbons (Fsp3) is 0.667. The third-order valence-corrected chi connectivity index (χ3v) is 6.38. The number of rotatable bonds is 7. The third-order valence-electron chi connectivity index (χ3n) is 6.38. The highest BCUT2D eigenvalue weighted by Gasteiger charge is 2.38. The lowest BCUT2D eigenvalue weighted by atomic mass is 9.79. The molecule has 1 aliphatic heterocycles. The molecule has 2 aromatic rings. The Morgan fingerprint density at radius 3 is 2.71 bits per heavy atom. The quantitative estimate of drug-likeness (QED) is 0.648. The van der Waals surface area contributed by atoms with Crippen LogP contribution >= 0.6 is 0 Å². The summed E-state index contributed by atoms with van der Waals surface area (Å²) in [6, 6.07) is 0. The van der Waals surface area contributed by atoms with Crippen molar-refractivity contribution in [3.8, 4) is 0 Å². The van der Waals surface area contributed by atoms with Crippen LogP contribution in [0.15, 0.2) is 12.5 Å². The summed E-state index contributed by atoms with van der Waals surface area (Å²) in [6.07, 6.45) is 9.08. The summed E-state index contributed by atoms with van der Waals surface area (Å²) in [4.78, 5) is 35.7. The van der Waals surface area contributed by atoms with Crippen LogP contribution in [0.1, 0.15) is 55.1 Å². The van der Waals surface area contributed by atoms with Crippen LogP contribution in [-0.2, 0) is 20.7 Å². The summed E-state index contributed by atoms with van der Waals surface area (Å²) in [6.45, 7) is 5.40. The summed E-state index contributed by atoms with van der Waals surface area (Å²) in [7, 11) is 0. The van der Waals surface area contributed by atoms with E-state index in [1.807, 2.05) is 6.92 Å². The Morgan fingerprint density at radius 2 is 1.97 bits per heavy atom. The van der Waals surface area contributed by atoms with Gasteiger partial charge in [-0.1, -0.05) is 26.2 Å². The smallest absolute Gasteiger partial charge is 0.342 e. The lowest BCUT2D eigenvalue weighted by Crippen LogP contribution is -2.59. The summed E-state index contributed by atoms with van der Waals surface area (Å²) in [5, 5.41) is 7.11.